The number of β-amino-alcohol motifs (C(OH)–C–C–N with tert-alkyl or cyclic N) is 1. The van der Waals surface area contributed by atoms with E-state index in [4.69, 9.17) is 5.73 Å². The quantitative estimate of drug-likeness (QED) is 0.734. The first-order valence-electron chi connectivity index (χ1n) is 6.15. The molecule has 4 heteroatoms. The minimum atomic E-state index is -0.776. The number of nitrogens with two attached hydrogens (primary N) is 1. The number of nitrogens with zero attached hydrogens (tertiary/aromatic N) is 1. The van der Waals surface area contributed by atoms with Crippen molar-refractivity contribution in [3.05, 3.63) is 0 Å². The van der Waals surface area contributed by atoms with Crippen LogP contribution in [0.4, 0.5) is 0 Å². The van der Waals surface area contributed by atoms with E-state index in [1.54, 1.807) is 11.8 Å². The molecule has 1 rings (SSSR count). The standard InChI is InChI=1S/C12H24N2O2/c1-4-6-11(3,13)10(15)14-8-12(16,9-14)7-5-2/h16H,4-9,13H2,1-3H3. The maximum Gasteiger partial charge on any atom is 0.242 e. The lowest BCUT2D eigenvalue weighted by Gasteiger charge is -2.48. The number of likely N-dealkylation sites (tertiary alicyclic amines) is 1. The van der Waals surface area contributed by atoms with E-state index in [1.165, 1.54) is 0 Å². The zero-order valence-corrected chi connectivity index (χ0v) is 10.6. The second kappa shape index (κ2) is 4.72. The Morgan fingerprint density at radius 3 is 2.44 bits per heavy atom. The van der Waals surface area contributed by atoms with Crippen LogP contribution in [0.5, 0.6) is 0 Å². The maximum absolute atomic E-state index is 12.0. The highest BCUT2D eigenvalue weighted by Gasteiger charge is 2.46. The summed E-state index contributed by atoms with van der Waals surface area (Å²) in [6.45, 7) is 6.71. The number of hydrogen-bond donors (Lipinski definition) is 2. The normalized spacial score (nSPS) is 22.4. The molecule has 1 heterocycles. The fraction of sp³-hybridized carbons (Fsp3) is 0.917. The monoisotopic (exact) mass is 228 g/mol. The Kier molecular flexibility index (Phi) is 3.97. The van der Waals surface area contributed by atoms with E-state index < -0.39 is 11.1 Å². The van der Waals surface area contributed by atoms with E-state index >= 15 is 0 Å². The van der Waals surface area contributed by atoms with Crippen LogP contribution in [0.1, 0.15) is 46.5 Å². The second-order valence-corrected chi connectivity index (χ2v) is 5.30. The first kappa shape index (κ1) is 13.5. The molecule has 4 nitrogen and oxygen atoms in total. The van der Waals surface area contributed by atoms with Gasteiger partial charge in [0.05, 0.1) is 24.2 Å². The third kappa shape index (κ3) is 2.74. The minimum Gasteiger partial charge on any atom is -0.386 e. The molecular weight excluding hydrogens is 204 g/mol. The predicted molar refractivity (Wildman–Crippen MR) is 63.9 cm³/mol. The molecule has 1 fully saturated rings. The van der Waals surface area contributed by atoms with E-state index in [1.807, 2.05) is 13.8 Å². The Hall–Kier alpha value is -0.610. The highest BCUT2D eigenvalue weighted by atomic mass is 16.3. The molecule has 0 saturated carbocycles. The molecule has 3 N–H and O–H groups in total. The average molecular weight is 228 g/mol. The summed E-state index contributed by atoms with van der Waals surface area (Å²) in [5.41, 5.74) is 4.54. The summed E-state index contributed by atoms with van der Waals surface area (Å²) in [7, 11) is 0. The number of rotatable bonds is 5. The Bertz CT molecular complexity index is 258. The van der Waals surface area contributed by atoms with E-state index in [0.29, 0.717) is 19.5 Å². The SMILES string of the molecule is CCCC1(O)CN(C(=O)C(C)(N)CCC)C1. The Morgan fingerprint density at radius 2 is 2.00 bits per heavy atom. The summed E-state index contributed by atoms with van der Waals surface area (Å²) in [5.74, 6) is -0.0323. The van der Waals surface area contributed by atoms with Gasteiger partial charge in [0.1, 0.15) is 0 Å². The molecule has 1 atom stereocenters. The highest BCUT2D eigenvalue weighted by Crippen LogP contribution is 2.28. The fourth-order valence-corrected chi connectivity index (χ4v) is 2.42. The van der Waals surface area contributed by atoms with Crippen molar-refractivity contribution >= 4 is 5.91 Å². The molecule has 0 aromatic heterocycles. The van der Waals surface area contributed by atoms with Crippen molar-refractivity contribution in [3.63, 3.8) is 0 Å². The van der Waals surface area contributed by atoms with Crippen LogP contribution >= 0.6 is 0 Å². The number of carbonyl (C=O) groups excluding carboxylic acids is 1. The number of carbonyl (C=O) groups is 1. The number of amides is 1. The highest BCUT2D eigenvalue weighted by molar-refractivity contribution is 5.86. The zero-order valence-electron chi connectivity index (χ0n) is 10.6. The molecule has 1 unspecified atom stereocenters. The third-order valence-corrected chi connectivity index (χ3v) is 3.23. The fourth-order valence-electron chi connectivity index (χ4n) is 2.42. The van der Waals surface area contributed by atoms with Crippen LogP contribution in [0, 0.1) is 0 Å². The van der Waals surface area contributed by atoms with E-state index in [-0.39, 0.29) is 5.91 Å². The largest absolute Gasteiger partial charge is 0.386 e. The molecule has 0 aromatic carbocycles. The van der Waals surface area contributed by atoms with Crippen molar-refractivity contribution in [2.24, 2.45) is 5.73 Å². The zero-order chi connectivity index (χ0) is 12.4. The van der Waals surface area contributed by atoms with Gasteiger partial charge in [-0.3, -0.25) is 4.79 Å². The van der Waals surface area contributed by atoms with Crippen molar-refractivity contribution in [1.82, 2.24) is 4.90 Å². The molecule has 1 saturated heterocycles. The molecule has 1 aliphatic rings. The summed E-state index contributed by atoms with van der Waals surface area (Å²) in [4.78, 5) is 13.7. The van der Waals surface area contributed by atoms with Crippen LogP contribution in [-0.4, -0.2) is 40.1 Å². The van der Waals surface area contributed by atoms with Crippen molar-refractivity contribution in [2.75, 3.05) is 13.1 Å². The van der Waals surface area contributed by atoms with Gasteiger partial charge in [0.15, 0.2) is 0 Å². The lowest BCUT2D eigenvalue weighted by molar-refractivity contribution is -0.161. The first-order chi connectivity index (χ1) is 7.34. The summed E-state index contributed by atoms with van der Waals surface area (Å²) in [6.07, 6.45) is 3.28. The van der Waals surface area contributed by atoms with Crippen LogP contribution < -0.4 is 5.73 Å². The number of aliphatic hydroxyl groups is 1. The predicted octanol–water partition coefficient (Wildman–Crippen LogP) is 0.877. The van der Waals surface area contributed by atoms with Crippen LogP contribution in [0.2, 0.25) is 0 Å². The Labute approximate surface area is 97.8 Å². The minimum absolute atomic E-state index is 0.0323. The van der Waals surface area contributed by atoms with Gasteiger partial charge in [-0.15, -0.1) is 0 Å². The van der Waals surface area contributed by atoms with Gasteiger partial charge in [-0.05, 0) is 19.8 Å². The second-order valence-electron chi connectivity index (χ2n) is 5.30. The van der Waals surface area contributed by atoms with Gasteiger partial charge < -0.3 is 15.7 Å². The molecule has 0 bridgehead atoms. The Morgan fingerprint density at radius 1 is 1.44 bits per heavy atom. The van der Waals surface area contributed by atoms with Gasteiger partial charge in [0.2, 0.25) is 5.91 Å². The molecule has 1 amide bonds. The molecule has 94 valence electrons. The van der Waals surface area contributed by atoms with E-state index in [0.717, 1.165) is 19.3 Å². The lowest BCUT2D eigenvalue weighted by atomic mass is 9.86. The molecule has 0 radical (unpaired) electrons. The first-order valence-corrected chi connectivity index (χ1v) is 6.15. The van der Waals surface area contributed by atoms with Crippen molar-refractivity contribution in [1.29, 1.82) is 0 Å². The lowest BCUT2D eigenvalue weighted by Crippen LogP contribution is -2.68. The maximum atomic E-state index is 12.0. The topological polar surface area (TPSA) is 66.6 Å². The van der Waals surface area contributed by atoms with Crippen molar-refractivity contribution < 1.29 is 9.90 Å². The van der Waals surface area contributed by atoms with Gasteiger partial charge in [-0.25, -0.2) is 0 Å². The van der Waals surface area contributed by atoms with Crippen molar-refractivity contribution in [3.8, 4) is 0 Å². The van der Waals surface area contributed by atoms with E-state index in [9.17, 15) is 9.90 Å². The summed E-state index contributed by atoms with van der Waals surface area (Å²) in [5, 5.41) is 9.99. The molecule has 16 heavy (non-hydrogen) atoms. The molecule has 0 spiro atoms. The smallest absolute Gasteiger partial charge is 0.242 e. The van der Waals surface area contributed by atoms with E-state index in [2.05, 4.69) is 0 Å². The van der Waals surface area contributed by atoms with Crippen LogP contribution in [-0.2, 0) is 4.79 Å². The summed E-state index contributed by atoms with van der Waals surface area (Å²) < 4.78 is 0. The van der Waals surface area contributed by atoms with Crippen LogP contribution in [0.15, 0.2) is 0 Å². The van der Waals surface area contributed by atoms with Gasteiger partial charge in [0.25, 0.3) is 0 Å². The number of hydrogen-bond acceptors (Lipinski definition) is 3. The van der Waals surface area contributed by atoms with Gasteiger partial charge in [-0.1, -0.05) is 26.7 Å². The average Bonchev–Trinajstić information content (AvgIpc) is 2.13. The van der Waals surface area contributed by atoms with Crippen LogP contribution in [0.3, 0.4) is 0 Å². The Balaban J connectivity index is 2.48. The molecule has 1 aliphatic heterocycles. The molecule has 0 aliphatic carbocycles. The van der Waals surface area contributed by atoms with Gasteiger partial charge >= 0.3 is 0 Å². The molecule has 0 aromatic rings. The summed E-state index contributed by atoms with van der Waals surface area (Å²) >= 11 is 0. The molecular formula is C12H24N2O2. The van der Waals surface area contributed by atoms with Crippen molar-refractivity contribution in [2.45, 2.75) is 57.6 Å². The van der Waals surface area contributed by atoms with Gasteiger partial charge in [-0.2, -0.15) is 0 Å². The third-order valence-electron chi connectivity index (χ3n) is 3.23. The summed E-state index contributed by atoms with van der Waals surface area (Å²) in [6, 6.07) is 0. The van der Waals surface area contributed by atoms with Gasteiger partial charge in [0, 0.05) is 0 Å². The van der Waals surface area contributed by atoms with Crippen LogP contribution in [0.25, 0.3) is 0 Å².